The zero-order valence-electron chi connectivity index (χ0n) is 14.4. The molecular formula is C19H31NO. The molecule has 0 amide bonds. The summed E-state index contributed by atoms with van der Waals surface area (Å²) in [6, 6.07) is 8.08. The van der Waals surface area contributed by atoms with Gasteiger partial charge < -0.3 is 4.90 Å². The second kappa shape index (κ2) is 8.86. The van der Waals surface area contributed by atoms with Crippen LogP contribution in [-0.4, -0.2) is 18.9 Å². The number of anilines is 1. The van der Waals surface area contributed by atoms with Crippen molar-refractivity contribution in [1.29, 1.82) is 0 Å². The Bertz CT molecular complexity index is 425. The molecule has 0 bridgehead atoms. The van der Waals surface area contributed by atoms with Crippen molar-refractivity contribution in [3.05, 3.63) is 29.8 Å². The van der Waals surface area contributed by atoms with E-state index in [4.69, 9.17) is 0 Å². The third-order valence-corrected chi connectivity index (χ3v) is 3.82. The number of rotatable bonds is 9. The molecule has 0 atom stereocenters. The SMILES string of the molecule is CCC(=O)c1ccccc1N(CCC(C)C)CCC(C)C. The minimum Gasteiger partial charge on any atom is -0.371 e. The molecule has 0 N–H and O–H groups in total. The molecule has 2 heteroatoms. The Morgan fingerprint density at radius 2 is 1.52 bits per heavy atom. The van der Waals surface area contributed by atoms with E-state index in [-0.39, 0.29) is 5.78 Å². The summed E-state index contributed by atoms with van der Waals surface area (Å²) in [7, 11) is 0. The molecule has 2 nitrogen and oxygen atoms in total. The van der Waals surface area contributed by atoms with Gasteiger partial charge in [0.2, 0.25) is 0 Å². The van der Waals surface area contributed by atoms with Crippen molar-refractivity contribution >= 4 is 11.5 Å². The molecule has 0 aliphatic rings. The number of benzene rings is 1. The molecule has 0 radical (unpaired) electrons. The fraction of sp³-hybridized carbons (Fsp3) is 0.632. The second-order valence-corrected chi connectivity index (χ2v) is 6.65. The maximum atomic E-state index is 12.2. The van der Waals surface area contributed by atoms with Crippen LogP contribution < -0.4 is 4.90 Å². The van der Waals surface area contributed by atoms with Crippen LogP contribution in [0, 0.1) is 11.8 Å². The van der Waals surface area contributed by atoms with Crippen molar-refractivity contribution in [1.82, 2.24) is 0 Å². The van der Waals surface area contributed by atoms with Gasteiger partial charge in [-0.2, -0.15) is 0 Å². The lowest BCUT2D eigenvalue weighted by Gasteiger charge is -2.28. The van der Waals surface area contributed by atoms with Gasteiger partial charge in [0.05, 0.1) is 0 Å². The van der Waals surface area contributed by atoms with Crippen LogP contribution in [0.25, 0.3) is 0 Å². The summed E-state index contributed by atoms with van der Waals surface area (Å²) in [4.78, 5) is 14.6. The highest BCUT2D eigenvalue weighted by Gasteiger charge is 2.15. The summed E-state index contributed by atoms with van der Waals surface area (Å²) in [5.74, 6) is 1.60. The average Bonchev–Trinajstić information content (AvgIpc) is 2.46. The number of para-hydroxylation sites is 1. The minimum absolute atomic E-state index is 0.240. The third-order valence-electron chi connectivity index (χ3n) is 3.82. The molecule has 1 aromatic carbocycles. The van der Waals surface area contributed by atoms with E-state index in [2.05, 4.69) is 38.7 Å². The van der Waals surface area contributed by atoms with Gasteiger partial charge in [-0.3, -0.25) is 4.79 Å². The fourth-order valence-electron chi connectivity index (χ4n) is 2.36. The average molecular weight is 289 g/mol. The van der Waals surface area contributed by atoms with E-state index in [0.29, 0.717) is 18.3 Å². The first-order chi connectivity index (χ1) is 9.95. The van der Waals surface area contributed by atoms with Gasteiger partial charge in [-0.1, -0.05) is 46.8 Å². The molecule has 0 fully saturated rings. The first-order valence-electron chi connectivity index (χ1n) is 8.32. The summed E-state index contributed by atoms with van der Waals surface area (Å²) in [5, 5.41) is 0. The predicted octanol–water partition coefficient (Wildman–Crippen LogP) is 5.18. The lowest BCUT2D eigenvalue weighted by Crippen LogP contribution is -2.29. The highest BCUT2D eigenvalue weighted by Crippen LogP contribution is 2.23. The van der Waals surface area contributed by atoms with Gasteiger partial charge in [0.25, 0.3) is 0 Å². The molecule has 21 heavy (non-hydrogen) atoms. The lowest BCUT2D eigenvalue weighted by molar-refractivity contribution is 0.0988. The van der Waals surface area contributed by atoms with Gasteiger partial charge >= 0.3 is 0 Å². The van der Waals surface area contributed by atoms with Crippen LogP contribution in [0.4, 0.5) is 5.69 Å². The van der Waals surface area contributed by atoms with Crippen molar-refractivity contribution in [2.24, 2.45) is 11.8 Å². The smallest absolute Gasteiger partial charge is 0.164 e. The summed E-state index contributed by atoms with van der Waals surface area (Å²) < 4.78 is 0. The highest BCUT2D eigenvalue weighted by atomic mass is 16.1. The molecule has 0 aliphatic heterocycles. The largest absolute Gasteiger partial charge is 0.371 e. The lowest BCUT2D eigenvalue weighted by atomic mass is 10.0. The van der Waals surface area contributed by atoms with Gasteiger partial charge in [0, 0.05) is 30.8 Å². The molecule has 0 unspecified atom stereocenters. The van der Waals surface area contributed by atoms with Crippen LogP contribution in [0.15, 0.2) is 24.3 Å². The van der Waals surface area contributed by atoms with Crippen LogP contribution >= 0.6 is 0 Å². The minimum atomic E-state index is 0.240. The molecule has 0 aromatic heterocycles. The Morgan fingerprint density at radius 3 is 2.00 bits per heavy atom. The Balaban J connectivity index is 2.97. The van der Waals surface area contributed by atoms with Crippen LogP contribution in [0.5, 0.6) is 0 Å². The van der Waals surface area contributed by atoms with Crippen molar-refractivity contribution < 1.29 is 4.79 Å². The Kier molecular flexibility index (Phi) is 7.49. The Morgan fingerprint density at radius 1 is 1.00 bits per heavy atom. The molecule has 0 spiro atoms. The zero-order chi connectivity index (χ0) is 15.8. The quantitative estimate of drug-likeness (QED) is 0.584. The van der Waals surface area contributed by atoms with Crippen molar-refractivity contribution in [3.8, 4) is 0 Å². The van der Waals surface area contributed by atoms with Gasteiger partial charge in [-0.15, -0.1) is 0 Å². The van der Waals surface area contributed by atoms with Gasteiger partial charge in [0.1, 0.15) is 0 Å². The van der Waals surface area contributed by atoms with Crippen molar-refractivity contribution in [2.75, 3.05) is 18.0 Å². The number of ketones is 1. The van der Waals surface area contributed by atoms with Gasteiger partial charge in [-0.25, -0.2) is 0 Å². The number of hydrogen-bond acceptors (Lipinski definition) is 2. The van der Waals surface area contributed by atoms with E-state index in [1.165, 1.54) is 0 Å². The van der Waals surface area contributed by atoms with E-state index in [1.807, 2.05) is 25.1 Å². The second-order valence-electron chi connectivity index (χ2n) is 6.65. The monoisotopic (exact) mass is 289 g/mol. The number of hydrogen-bond donors (Lipinski definition) is 0. The molecule has 1 rings (SSSR count). The highest BCUT2D eigenvalue weighted by molar-refractivity contribution is 6.01. The predicted molar refractivity (Wildman–Crippen MR) is 92.2 cm³/mol. The standard InChI is InChI=1S/C19H31NO/c1-6-19(21)17-9-7-8-10-18(17)20(13-11-15(2)3)14-12-16(4)5/h7-10,15-16H,6,11-14H2,1-5H3. The molecule has 1 aromatic rings. The van der Waals surface area contributed by atoms with Crippen LogP contribution in [0.3, 0.4) is 0 Å². The van der Waals surface area contributed by atoms with Crippen LogP contribution in [0.1, 0.15) is 64.2 Å². The maximum absolute atomic E-state index is 12.2. The summed E-state index contributed by atoms with van der Waals surface area (Å²) in [5.41, 5.74) is 2.00. The first-order valence-corrected chi connectivity index (χ1v) is 8.32. The normalized spacial score (nSPS) is 11.2. The summed E-state index contributed by atoms with van der Waals surface area (Å²) in [6.45, 7) is 13.0. The molecule has 0 saturated heterocycles. The first kappa shape index (κ1) is 17.7. The van der Waals surface area contributed by atoms with Crippen LogP contribution in [-0.2, 0) is 0 Å². The molecule has 118 valence electrons. The zero-order valence-corrected chi connectivity index (χ0v) is 14.4. The van der Waals surface area contributed by atoms with E-state index >= 15 is 0 Å². The molecule has 0 aliphatic carbocycles. The Labute approximate surface area is 130 Å². The van der Waals surface area contributed by atoms with Gasteiger partial charge in [-0.05, 0) is 36.8 Å². The summed E-state index contributed by atoms with van der Waals surface area (Å²) in [6.07, 6.45) is 2.89. The Hall–Kier alpha value is -1.31. The van der Waals surface area contributed by atoms with Crippen molar-refractivity contribution in [2.45, 2.75) is 53.9 Å². The topological polar surface area (TPSA) is 20.3 Å². The van der Waals surface area contributed by atoms with Gasteiger partial charge in [0.15, 0.2) is 5.78 Å². The number of Topliss-reactive ketones (excluding diaryl/α,β-unsaturated/α-hetero) is 1. The maximum Gasteiger partial charge on any atom is 0.164 e. The molecular weight excluding hydrogens is 258 g/mol. The van der Waals surface area contributed by atoms with E-state index < -0.39 is 0 Å². The number of carbonyl (C=O) groups excluding carboxylic acids is 1. The number of carbonyl (C=O) groups is 1. The van der Waals surface area contributed by atoms with E-state index in [1.54, 1.807) is 0 Å². The number of nitrogens with zero attached hydrogens (tertiary/aromatic N) is 1. The third kappa shape index (κ3) is 5.91. The summed E-state index contributed by atoms with van der Waals surface area (Å²) >= 11 is 0. The van der Waals surface area contributed by atoms with Crippen LogP contribution in [0.2, 0.25) is 0 Å². The fourth-order valence-corrected chi connectivity index (χ4v) is 2.36. The van der Waals surface area contributed by atoms with Crippen molar-refractivity contribution in [3.63, 3.8) is 0 Å². The molecule has 0 heterocycles. The molecule has 0 saturated carbocycles. The van der Waals surface area contributed by atoms with E-state index in [0.717, 1.165) is 37.2 Å². The van der Waals surface area contributed by atoms with E-state index in [9.17, 15) is 4.79 Å².